The van der Waals surface area contributed by atoms with Crippen LogP contribution < -0.4 is 5.32 Å². The Morgan fingerprint density at radius 2 is 1.88 bits per heavy atom. The molecule has 4 aromatic rings. The molecule has 0 aliphatic carbocycles. The summed E-state index contributed by atoms with van der Waals surface area (Å²) in [5.41, 5.74) is 3.61. The van der Waals surface area contributed by atoms with E-state index in [0.29, 0.717) is 11.6 Å². The van der Waals surface area contributed by atoms with Crippen LogP contribution in [0.15, 0.2) is 79.3 Å². The van der Waals surface area contributed by atoms with Gasteiger partial charge in [0.25, 0.3) is 0 Å². The second kappa shape index (κ2) is 9.63. The molecule has 0 atom stereocenters. The maximum absolute atomic E-state index is 8.90. The molecule has 5 rings (SSSR count). The number of anilines is 2. The molecule has 0 amide bonds. The normalized spacial score (nSPS) is 14.6. The van der Waals surface area contributed by atoms with Crippen LogP contribution in [0.5, 0.6) is 0 Å². The van der Waals surface area contributed by atoms with E-state index in [-0.39, 0.29) is 0 Å². The smallest absolute Gasteiger partial charge is 0.140 e. The highest BCUT2D eigenvalue weighted by molar-refractivity contribution is 5.55. The second-order valence-corrected chi connectivity index (χ2v) is 8.22. The molecule has 0 unspecified atom stereocenters. The Balaban J connectivity index is 1.20. The molecule has 0 bridgehead atoms. The van der Waals surface area contributed by atoms with Gasteiger partial charge < -0.3 is 9.88 Å². The van der Waals surface area contributed by atoms with Crippen molar-refractivity contribution in [2.45, 2.75) is 25.3 Å². The summed E-state index contributed by atoms with van der Waals surface area (Å²) < 4.78 is 2.17. The van der Waals surface area contributed by atoms with E-state index in [9.17, 15) is 0 Å². The fraction of sp³-hybridized carbons (Fsp3) is 0.231. The van der Waals surface area contributed by atoms with Gasteiger partial charge in [0.1, 0.15) is 23.4 Å². The van der Waals surface area contributed by atoms with E-state index in [1.165, 1.54) is 5.69 Å². The van der Waals surface area contributed by atoms with Crippen molar-refractivity contribution in [3.05, 3.63) is 96.3 Å². The lowest BCUT2D eigenvalue weighted by atomic mass is 9.93. The topological polar surface area (TPSA) is 82.7 Å². The van der Waals surface area contributed by atoms with Crippen molar-refractivity contribution in [2.24, 2.45) is 0 Å². The summed E-state index contributed by atoms with van der Waals surface area (Å²) in [5, 5.41) is 12.2. The molecule has 0 saturated carbocycles. The molecule has 7 heteroatoms. The number of nitriles is 1. The molecule has 1 fully saturated rings. The van der Waals surface area contributed by atoms with E-state index in [4.69, 9.17) is 10.2 Å². The van der Waals surface area contributed by atoms with Crippen molar-refractivity contribution < 1.29 is 0 Å². The maximum Gasteiger partial charge on any atom is 0.140 e. The van der Waals surface area contributed by atoms with Crippen LogP contribution in [0.25, 0.3) is 5.82 Å². The minimum atomic E-state index is 0.404. The first kappa shape index (κ1) is 20.9. The lowest BCUT2D eigenvalue weighted by Crippen LogP contribution is -2.33. The molecule has 4 aromatic heterocycles. The largest absolute Gasteiger partial charge is 0.339 e. The molecule has 0 spiro atoms. The lowest BCUT2D eigenvalue weighted by molar-refractivity contribution is 0.200. The highest BCUT2D eigenvalue weighted by Gasteiger charge is 2.22. The molecule has 0 aromatic carbocycles. The molecule has 5 heterocycles. The average Bonchev–Trinajstić information content (AvgIpc) is 3.34. The van der Waals surface area contributed by atoms with Crippen molar-refractivity contribution in [2.75, 3.05) is 18.4 Å². The predicted molar refractivity (Wildman–Crippen MR) is 127 cm³/mol. The lowest BCUT2D eigenvalue weighted by Gasteiger charge is -2.32. The first-order valence-corrected chi connectivity index (χ1v) is 11.2. The predicted octanol–water partition coefficient (Wildman–Crippen LogP) is 4.66. The first-order valence-electron chi connectivity index (χ1n) is 11.2. The van der Waals surface area contributed by atoms with Crippen molar-refractivity contribution in [3.8, 4) is 11.9 Å². The molecule has 1 aliphatic heterocycles. The summed E-state index contributed by atoms with van der Waals surface area (Å²) in [6.45, 7) is 2.99. The third-order valence-electron chi connectivity index (χ3n) is 6.04. The number of piperidine rings is 1. The molecule has 1 saturated heterocycles. The number of nitrogens with zero attached hydrogens (tertiary/aromatic N) is 6. The van der Waals surface area contributed by atoms with Crippen LogP contribution in [0.3, 0.4) is 0 Å². The van der Waals surface area contributed by atoms with E-state index < -0.39 is 0 Å². The summed E-state index contributed by atoms with van der Waals surface area (Å²) in [6.07, 6.45) is 7.74. The van der Waals surface area contributed by atoms with Crippen molar-refractivity contribution >= 4 is 11.5 Å². The quantitative estimate of drug-likeness (QED) is 0.474. The van der Waals surface area contributed by atoms with Gasteiger partial charge in [0.05, 0.1) is 11.9 Å². The summed E-state index contributed by atoms with van der Waals surface area (Å²) in [6, 6.07) is 22.0. The van der Waals surface area contributed by atoms with Gasteiger partial charge in [-0.1, -0.05) is 12.1 Å². The standard InChI is InChI=1S/C26H25N7/c27-17-21-9-10-22(18-29-21)30-25-7-3-6-24(31-25)20-11-15-32(16-12-20)19-23-5-4-14-33(23)26-8-1-2-13-28-26/h1-10,13-14,18,20H,11-12,15-16,19H2,(H,30,31). The molecule has 7 nitrogen and oxygen atoms in total. The first-order chi connectivity index (χ1) is 16.3. The van der Waals surface area contributed by atoms with Gasteiger partial charge in [-0.15, -0.1) is 0 Å². The third-order valence-corrected chi connectivity index (χ3v) is 6.04. The third kappa shape index (κ3) is 4.92. The Labute approximate surface area is 193 Å². The van der Waals surface area contributed by atoms with Crippen LogP contribution in [0, 0.1) is 11.3 Å². The van der Waals surface area contributed by atoms with Gasteiger partial charge in [0.15, 0.2) is 0 Å². The van der Waals surface area contributed by atoms with Gasteiger partial charge in [-0.2, -0.15) is 5.26 Å². The molecule has 0 radical (unpaired) electrons. The van der Waals surface area contributed by atoms with Gasteiger partial charge in [-0.3, -0.25) is 4.90 Å². The average molecular weight is 436 g/mol. The van der Waals surface area contributed by atoms with Gasteiger partial charge in [0, 0.05) is 36.2 Å². The van der Waals surface area contributed by atoms with Crippen LogP contribution >= 0.6 is 0 Å². The van der Waals surface area contributed by atoms with E-state index in [2.05, 4.69) is 49.1 Å². The van der Waals surface area contributed by atoms with Crippen LogP contribution in [-0.4, -0.2) is 37.5 Å². The Morgan fingerprint density at radius 3 is 2.64 bits per heavy atom. The van der Waals surface area contributed by atoms with Crippen LogP contribution in [0.4, 0.5) is 11.5 Å². The van der Waals surface area contributed by atoms with Gasteiger partial charge in [-0.05, 0) is 74.5 Å². The maximum atomic E-state index is 8.90. The Kier molecular flexibility index (Phi) is 6.09. The van der Waals surface area contributed by atoms with E-state index in [1.807, 2.05) is 48.7 Å². The minimum absolute atomic E-state index is 0.404. The highest BCUT2D eigenvalue weighted by Crippen LogP contribution is 2.29. The summed E-state index contributed by atoms with van der Waals surface area (Å²) in [5.74, 6) is 2.21. The van der Waals surface area contributed by atoms with Gasteiger partial charge in [-0.25, -0.2) is 15.0 Å². The zero-order valence-electron chi connectivity index (χ0n) is 18.3. The molecule has 1 aliphatic rings. The number of nitrogens with one attached hydrogen (secondary N) is 1. The van der Waals surface area contributed by atoms with Crippen LogP contribution in [0.1, 0.15) is 35.8 Å². The van der Waals surface area contributed by atoms with Crippen molar-refractivity contribution in [3.63, 3.8) is 0 Å². The number of hydrogen-bond acceptors (Lipinski definition) is 6. The molecular formula is C26H25N7. The molecular weight excluding hydrogens is 410 g/mol. The highest BCUT2D eigenvalue weighted by atomic mass is 15.2. The number of hydrogen-bond donors (Lipinski definition) is 1. The summed E-state index contributed by atoms with van der Waals surface area (Å²) in [7, 11) is 0. The summed E-state index contributed by atoms with van der Waals surface area (Å²) in [4.78, 5) is 16.0. The Bertz CT molecular complexity index is 1230. The molecule has 164 valence electrons. The number of aromatic nitrogens is 4. The molecule has 33 heavy (non-hydrogen) atoms. The number of likely N-dealkylation sites (tertiary alicyclic amines) is 1. The Morgan fingerprint density at radius 1 is 0.970 bits per heavy atom. The molecule has 1 N–H and O–H groups in total. The number of rotatable bonds is 6. The number of pyridine rings is 3. The van der Waals surface area contributed by atoms with Crippen molar-refractivity contribution in [1.29, 1.82) is 5.26 Å². The Hall–Kier alpha value is -4.02. The second-order valence-electron chi connectivity index (χ2n) is 8.22. The zero-order chi connectivity index (χ0) is 22.5. The summed E-state index contributed by atoms with van der Waals surface area (Å²) >= 11 is 0. The minimum Gasteiger partial charge on any atom is -0.339 e. The zero-order valence-corrected chi connectivity index (χ0v) is 18.3. The van der Waals surface area contributed by atoms with Crippen LogP contribution in [0.2, 0.25) is 0 Å². The van der Waals surface area contributed by atoms with E-state index in [1.54, 1.807) is 12.3 Å². The van der Waals surface area contributed by atoms with Crippen molar-refractivity contribution in [1.82, 2.24) is 24.4 Å². The fourth-order valence-electron chi connectivity index (χ4n) is 4.31. The van der Waals surface area contributed by atoms with E-state index >= 15 is 0 Å². The SMILES string of the molecule is N#Cc1ccc(Nc2cccc(C3CCN(Cc4cccn4-c4ccccn4)CC3)n2)cn1. The van der Waals surface area contributed by atoms with Gasteiger partial charge in [0.2, 0.25) is 0 Å². The van der Waals surface area contributed by atoms with Crippen LogP contribution in [-0.2, 0) is 6.54 Å². The fourth-order valence-corrected chi connectivity index (χ4v) is 4.31. The van der Waals surface area contributed by atoms with E-state index in [0.717, 1.165) is 55.5 Å². The monoisotopic (exact) mass is 435 g/mol. The van der Waals surface area contributed by atoms with Gasteiger partial charge >= 0.3 is 0 Å².